The fourth-order valence-electron chi connectivity index (χ4n) is 7.12. The van der Waals surface area contributed by atoms with Gasteiger partial charge in [-0.2, -0.15) is 13.2 Å². The van der Waals surface area contributed by atoms with Gasteiger partial charge in [-0.05, 0) is 79.3 Å². The van der Waals surface area contributed by atoms with Gasteiger partial charge in [-0.25, -0.2) is 0 Å². The Morgan fingerprint density at radius 2 is 1.56 bits per heavy atom. The fourth-order valence-corrected chi connectivity index (χ4v) is 7.12. The van der Waals surface area contributed by atoms with Crippen molar-refractivity contribution in [2.24, 2.45) is 0 Å². The van der Waals surface area contributed by atoms with Crippen LogP contribution in [0.3, 0.4) is 0 Å². The number of piperazine rings is 1. The quantitative estimate of drug-likeness (QED) is 0.119. The Labute approximate surface area is 288 Å². The van der Waals surface area contributed by atoms with Crippen LogP contribution in [0, 0.1) is 0 Å². The second-order valence-electron chi connectivity index (χ2n) is 13.3. The van der Waals surface area contributed by atoms with Crippen molar-refractivity contribution in [3.8, 4) is 16.9 Å². The first kappa shape index (κ1) is 35.9. The molecule has 12 heteroatoms. The van der Waals surface area contributed by atoms with Crippen LogP contribution >= 0.6 is 0 Å². The zero-order valence-electron chi connectivity index (χ0n) is 27.8. The largest absolute Gasteiger partial charge is 0.573 e. The van der Waals surface area contributed by atoms with Crippen LogP contribution in [-0.2, 0) is 30.6 Å². The molecule has 0 aliphatic carbocycles. The number of carbonyl (C=O) groups excluding carboxylic acids is 1. The molecule has 2 saturated heterocycles. The number of unbranched alkanes of at least 4 members (excludes halogenated alkanes) is 1. The number of nitrogens with one attached hydrogen (secondary N) is 1. The number of rotatable bonds is 12. The van der Waals surface area contributed by atoms with Crippen molar-refractivity contribution in [1.82, 2.24) is 19.7 Å². The minimum atomic E-state index is -4.78. The summed E-state index contributed by atoms with van der Waals surface area (Å²) >= 11 is 0. The lowest BCUT2D eigenvalue weighted by Crippen LogP contribution is -2.45. The van der Waals surface area contributed by atoms with Crippen molar-refractivity contribution in [2.75, 3.05) is 32.7 Å². The first-order valence-corrected chi connectivity index (χ1v) is 17.3. The van der Waals surface area contributed by atoms with Crippen molar-refractivity contribution in [2.45, 2.75) is 76.7 Å². The van der Waals surface area contributed by atoms with Crippen LogP contribution in [0.5, 0.6) is 5.75 Å². The molecule has 3 heterocycles. The minimum Gasteiger partial charge on any atom is -0.406 e. The summed E-state index contributed by atoms with van der Waals surface area (Å²) in [5, 5.41) is 4.29. The maximum Gasteiger partial charge on any atom is 0.573 e. The number of aromatic nitrogens is 1. The summed E-state index contributed by atoms with van der Waals surface area (Å²) in [7, 11) is 0. The van der Waals surface area contributed by atoms with Gasteiger partial charge in [-0.15, -0.1) is 13.2 Å². The molecule has 1 unspecified atom stereocenters. The molecule has 1 N–H and O–H groups in total. The molecular formula is C38H42F6N4O2. The highest BCUT2D eigenvalue weighted by atomic mass is 19.4. The number of nitrogens with zero attached hydrogens (tertiary/aromatic N) is 3. The fraction of sp³-hybridized carbons (Fsp3) is 0.447. The van der Waals surface area contributed by atoms with E-state index < -0.39 is 18.1 Å². The zero-order valence-corrected chi connectivity index (χ0v) is 27.8. The average molecular weight is 701 g/mol. The number of ketones is 1. The Balaban J connectivity index is 1.14. The van der Waals surface area contributed by atoms with E-state index in [1.807, 2.05) is 11.1 Å². The third kappa shape index (κ3) is 9.26. The van der Waals surface area contributed by atoms with Gasteiger partial charge in [0.25, 0.3) is 0 Å². The zero-order chi connectivity index (χ0) is 35.3. The molecule has 1 atom stereocenters. The van der Waals surface area contributed by atoms with Crippen LogP contribution in [0.4, 0.5) is 26.3 Å². The molecule has 2 fully saturated rings. The molecule has 3 aromatic carbocycles. The number of carbonyl (C=O) groups is 1. The summed E-state index contributed by atoms with van der Waals surface area (Å²) in [6.45, 7) is 5.16. The molecule has 4 aromatic rings. The first-order chi connectivity index (χ1) is 23.9. The van der Waals surface area contributed by atoms with Crippen LogP contribution < -0.4 is 10.1 Å². The van der Waals surface area contributed by atoms with Gasteiger partial charge in [0.15, 0.2) is 0 Å². The van der Waals surface area contributed by atoms with E-state index >= 15 is 0 Å². The normalized spacial score (nSPS) is 18.1. The van der Waals surface area contributed by atoms with Gasteiger partial charge in [0.1, 0.15) is 11.5 Å². The van der Waals surface area contributed by atoms with E-state index in [1.165, 1.54) is 18.2 Å². The highest BCUT2D eigenvalue weighted by Crippen LogP contribution is 2.35. The third-order valence-electron chi connectivity index (χ3n) is 9.70. The van der Waals surface area contributed by atoms with Gasteiger partial charge < -0.3 is 14.6 Å². The van der Waals surface area contributed by atoms with E-state index in [0.717, 1.165) is 72.3 Å². The van der Waals surface area contributed by atoms with Crippen LogP contribution in [-0.4, -0.2) is 65.3 Å². The number of aryl methyl sites for hydroxylation is 1. The highest BCUT2D eigenvalue weighted by molar-refractivity contribution is 5.96. The monoisotopic (exact) mass is 700 g/mol. The van der Waals surface area contributed by atoms with E-state index in [-0.39, 0.29) is 29.7 Å². The summed E-state index contributed by atoms with van der Waals surface area (Å²) in [6, 6.07) is 17.8. The van der Waals surface area contributed by atoms with Gasteiger partial charge in [-0.1, -0.05) is 42.8 Å². The summed E-state index contributed by atoms with van der Waals surface area (Å²) in [5.41, 5.74) is 3.39. The predicted octanol–water partition coefficient (Wildman–Crippen LogP) is 8.43. The van der Waals surface area contributed by atoms with Crippen molar-refractivity contribution in [3.63, 3.8) is 0 Å². The number of benzene rings is 3. The van der Waals surface area contributed by atoms with Gasteiger partial charge in [0.05, 0.1) is 11.6 Å². The number of hydrogen-bond donors (Lipinski definition) is 1. The van der Waals surface area contributed by atoms with Gasteiger partial charge >= 0.3 is 12.5 Å². The number of halogens is 6. The average Bonchev–Trinajstić information content (AvgIpc) is 3.45. The topological polar surface area (TPSA) is 49.7 Å². The minimum absolute atomic E-state index is 0.0421. The molecule has 0 bridgehead atoms. The van der Waals surface area contributed by atoms with E-state index in [9.17, 15) is 31.1 Å². The van der Waals surface area contributed by atoms with Crippen LogP contribution in [0.1, 0.15) is 55.2 Å². The number of Topliss-reactive ketones (excluding diaryl/α,β-unsaturated/α-hetero) is 1. The number of hydrogen-bond acceptors (Lipinski definition) is 5. The van der Waals surface area contributed by atoms with Crippen molar-refractivity contribution in [3.05, 3.63) is 89.6 Å². The van der Waals surface area contributed by atoms with E-state index in [4.69, 9.17) is 0 Å². The van der Waals surface area contributed by atoms with E-state index in [0.29, 0.717) is 45.7 Å². The van der Waals surface area contributed by atoms with E-state index in [1.54, 1.807) is 24.3 Å². The SMILES string of the molecule is O=C(CCCCn1cc(-c2ccc(OC(F)(F)F)cc2)c2cc(CN3CCN(Cc4ccccc4C(F)(F)F)CC3)ccc21)C1CCCCN1. The van der Waals surface area contributed by atoms with Crippen molar-refractivity contribution >= 4 is 16.7 Å². The number of ether oxygens (including phenoxy) is 1. The molecule has 6 nitrogen and oxygen atoms in total. The molecule has 0 amide bonds. The Morgan fingerprint density at radius 3 is 2.24 bits per heavy atom. The molecule has 2 aliphatic rings. The molecule has 1 aromatic heterocycles. The summed E-state index contributed by atoms with van der Waals surface area (Å²) in [5.74, 6) is -0.0237. The lowest BCUT2D eigenvalue weighted by molar-refractivity contribution is -0.274. The highest BCUT2D eigenvalue weighted by Gasteiger charge is 2.34. The molecule has 0 radical (unpaired) electrons. The number of alkyl halides is 6. The standard InChI is InChI=1S/C38H42F6N4O2/c39-37(40,41)33-8-2-1-7-29(33)25-47-21-19-46(20-22-47)24-27-11-16-35-31(23-27)32(28-12-14-30(15-13-28)50-38(42,43)44)26-48(35)18-6-4-10-36(49)34-9-3-5-17-45-34/h1-2,7-8,11-16,23,26,34,45H,3-6,9-10,17-22,24-25H2. The van der Waals surface area contributed by atoms with Crippen molar-refractivity contribution in [1.29, 1.82) is 0 Å². The Morgan fingerprint density at radius 1 is 0.840 bits per heavy atom. The smallest absolute Gasteiger partial charge is 0.406 e. The summed E-state index contributed by atoms with van der Waals surface area (Å²) in [6.07, 6.45) is -1.98. The van der Waals surface area contributed by atoms with Crippen LogP contribution in [0.15, 0.2) is 72.9 Å². The van der Waals surface area contributed by atoms with Crippen molar-refractivity contribution < 1.29 is 35.9 Å². The molecule has 2 aliphatic heterocycles. The second-order valence-corrected chi connectivity index (χ2v) is 13.3. The van der Waals surface area contributed by atoms with Gasteiger partial charge in [0, 0.05) is 74.9 Å². The summed E-state index contributed by atoms with van der Waals surface area (Å²) in [4.78, 5) is 17.0. The number of piperidine rings is 1. The lowest BCUT2D eigenvalue weighted by atomic mass is 9.98. The predicted molar refractivity (Wildman–Crippen MR) is 181 cm³/mol. The molecular weight excluding hydrogens is 658 g/mol. The molecule has 0 spiro atoms. The number of fused-ring (bicyclic) bond motifs is 1. The van der Waals surface area contributed by atoms with Crippen LogP contribution in [0.25, 0.3) is 22.0 Å². The maximum atomic E-state index is 13.5. The maximum absolute atomic E-state index is 13.5. The Kier molecular flexibility index (Phi) is 11.2. The molecule has 268 valence electrons. The van der Waals surface area contributed by atoms with Gasteiger partial charge in [0.2, 0.25) is 0 Å². The van der Waals surface area contributed by atoms with Gasteiger partial charge in [-0.3, -0.25) is 14.6 Å². The Hall–Kier alpha value is -3.87. The second kappa shape index (κ2) is 15.6. The van der Waals surface area contributed by atoms with Crippen LogP contribution in [0.2, 0.25) is 0 Å². The molecule has 6 rings (SSSR count). The lowest BCUT2D eigenvalue weighted by Gasteiger charge is -2.35. The molecule has 0 saturated carbocycles. The van der Waals surface area contributed by atoms with E-state index in [2.05, 4.69) is 37.7 Å². The first-order valence-electron chi connectivity index (χ1n) is 17.3. The Bertz CT molecular complexity index is 1740. The summed E-state index contributed by atoms with van der Waals surface area (Å²) < 4.78 is 85.2. The third-order valence-corrected chi connectivity index (χ3v) is 9.70. The molecule has 50 heavy (non-hydrogen) atoms.